The van der Waals surface area contributed by atoms with Crippen molar-refractivity contribution in [1.29, 1.82) is 0 Å². The summed E-state index contributed by atoms with van der Waals surface area (Å²) < 4.78 is 11.3. The number of carbonyl (C=O) groups is 2. The number of ether oxygens (including phenoxy) is 2. The Kier molecular flexibility index (Phi) is 3.87. The molecule has 4 nitrogen and oxygen atoms in total. The number of carbonyl (C=O) groups excluding carboxylic acids is 2. The second-order valence-electron chi connectivity index (χ2n) is 7.18. The molecule has 3 aliphatic rings. The molecule has 22 heavy (non-hydrogen) atoms. The lowest BCUT2D eigenvalue weighted by atomic mass is 9.81. The maximum absolute atomic E-state index is 12.0. The van der Waals surface area contributed by atoms with Crippen molar-refractivity contribution in [1.82, 2.24) is 0 Å². The minimum Gasteiger partial charge on any atom is -0.455 e. The summed E-state index contributed by atoms with van der Waals surface area (Å²) in [6.07, 6.45) is 3.83. The molecule has 0 aromatic heterocycles. The van der Waals surface area contributed by atoms with Crippen LogP contribution in [0.25, 0.3) is 0 Å². The SMILES string of the molecule is C=C(C)C(=O)OC1CC2C3CCC(C3)C2C1OC(=O)C(=C)C. The number of fused-ring (bicyclic) bond motifs is 5. The monoisotopic (exact) mass is 304 g/mol. The number of rotatable bonds is 4. The largest absolute Gasteiger partial charge is 0.455 e. The van der Waals surface area contributed by atoms with E-state index in [-0.39, 0.29) is 18.2 Å². The Bertz CT molecular complexity index is 535. The van der Waals surface area contributed by atoms with Crippen LogP contribution in [0.5, 0.6) is 0 Å². The molecule has 3 saturated carbocycles. The highest BCUT2D eigenvalue weighted by atomic mass is 16.6. The fourth-order valence-corrected chi connectivity index (χ4v) is 4.70. The lowest BCUT2D eigenvalue weighted by Gasteiger charge is -2.29. The highest BCUT2D eigenvalue weighted by Gasteiger charge is 2.59. The zero-order valence-corrected chi connectivity index (χ0v) is 13.3. The van der Waals surface area contributed by atoms with Gasteiger partial charge in [-0.25, -0.2) is 9.59 Å². The van der Waals surface area contributed by atoms with Crippen LogP contribution in [0.1, 0.15) is 39.5 Å². The highest BCUT2D eigenvalue weighted by molar-refractivity contribution is 5.88. The smallest absolute Gasteiger partial charge is 0.333 e. The van der Waals surface area contributed by atoms with Crippen molar-refractivity contribution in [3.05, 3.63) is 24.3 Å². The van der Waals surface area contributed by atoms with Crippen molar-refractivity contribution >= 4 is 11.9 Å². The third-order valence-electron chi connectivity index (χ3n) is 5.61. The Morgan fingerprint density at radius 1 is 0.909 bits per heavy atom. The lowest BCUT2D eigenvalue weighted by molar-refractivity contribution is -0.163. The maximum atomic E-state index is 12.0. The van der Waals surface area contributed by atoms with E-state index in [1.165, 1.54) is 19.3 Å². The summed E-state index contributed by atoms with van der Waals surface area (Å²) in [5, 5.41) is 0. The molecule has 0 radical (unpaired) electrons. The molecule has 0 heterocycles. The predicted octanol–water partition coefficient (Wildman–Crippen LogP) is 3.03. The molecule has 6 atom stereocenters. The fraction of sp³-hybridized carbons (Fsp3) is 0.667. The summed E-state index contributed by atoms with van der Waals surface area (Å²) in [6.45, 7) is 10.6. The highest BCUT2D eigenvalue weighted by Crippen LogP contribution is 2.59. The third kappa shape index (κ3) is 2.49. The van der Waals surface area contributed by atoms with Crippen LogP contribution in [-0.4, -0.2) is 24.1 Å². The Labute approximate surface area is 131 Å². The van der Waals surface area contributed by atoms with E-state index in [1.807, 2.05) is 0 Å². The van der Waals surface area contributed by atoms with Gasteiger partial charge in [0.1, 0.15) is 12.2 Å². The molecule has 0 spiro atoms. The zero-order valence-electron chi connectivity index (χ0n) is 13.3. The van der Waals surface area contributed by atoms with Crippen LogP contribution in [0.3, 0.4) is 0 Å². The van der Waals surface area contributed by atoms with Crippen LogP contribution in [0.4, 0.5) is 0 Å². The van der Waals surface area contributed by atoms with Crippen molar-refractivity contribution < 1.29 is 19.1 Å². The molecular formula is C18H24O4. The Morgan fingerprint density at radius 3 is 2.14 bits per heavy atom. The van der Waals surface area contributed by atoms with Gasteiger partial charge in [-0.1, -0.05) is 13.2 Å². The van der Waals surface area contributed by atoms with Crippen LogP contribution in [0.2, 0.25) is 0 Å². The predicted molar refractivity (Wildman–Crippen MR) is 81.8 cm³/mol. The summed E-state index contributed by atoms with van der Waals surface area (Å²) >= 11 is 0. The van der Waals surface area contributed by atoms with Gasteiger partial charge in [-0.05, 0) is 57.3 Å². The summed E-state index contributed by atoms with van der Waals surface area (Å²) in [5.41, 5.74) is 0.765. The summed E-state index contributed by atoms with van der Waals surface area (Å²) in [4.78, 5) is 23.9. The Hall–Kier alpha value is -1.58. The van der Waals surface area contributed by atoms with Crippen molar-refractivity contribution in [2.45, 2.75) is 51.7 Å². The van der Waals surface area contributed by atoms with Gasteiger partial charge < -0.3 is 9.47 Å². The number of hydrogen-bond acceptors (Lipinski definition) is 4. The van der Waals surface area contributed by atoms with E-state index in [9.17, 15) is 9.59 Å². The van der Waals surface area contributed by atoms with Crippen molar-refractivity contribution in [2.24, 2.45) is 23.7 Å². The molecule has 0 amide bonds. The zero-order chi connectivity index (χ0) is 16.0. The standard InChI is InChI=1S/C18H24O4/c1-9(2)17(19)21-14-8-13-11-5-6-12(7-11)15(13)16(14)22-18(20)10(3)4/h11-16H,1,3,5-8H2,2,4H3. The minimum atomic E-state index is -0.395. The van der Waals surface area contributed by atoms with Crippen LogP contribution in [0.15, 0.2) is 24.3 Å². The Balaban J connectivity index is 1.79. The van der Waals surface area contributed by atoms with Gasteiger partial charge in [0.05, 0.1) is 0 Å². The number of hydrogen-bond donors (Lipinski definition) is 0. The first-order valence-corrected chi connectivity index (χ1v) is 8.11. The van der Waals surface area contributed by atoms with Gasteiger partial charge in [0.15, 0.2) is 0 Å². The van der Waals surface area contributed by atoms with Crippen LogP contribution >= 0.6 is 0 Å². The molecule has 0 N–H and O–H groups in total. The second-order valence-corrected chi connectivity index (χ2v) is 7.18. The van der Waals surface area contributed by atoms with E-state index < -0.39 is 5.97 Å². The van der Waals surface area contributed by atoms with Crippen molar-refractivity contribution in [3.8, 4) is 0 Å². The van der Waals surface area contributed by atoms with E-state index in [0.717, 1.165) is 6.42 Å². The molecule has 120 valence electrons. The molecule has 2 bridgehead atoms. The summed E-state index contributed by atoms with van der Waals surface area (Å²) in [7, 11) is 0. The summed E-state index contributed by atoms with van der Waals surface area (Å²) in [6, 6.07) is 0. The topological polar surface area (TPSA) is 52.6 Å². The molecule has 0 aromatic rings. The number of esters is 2. The van der Waals surface area contributed by atoms with Gasteiger partial charge in [0.2, 0.25) is 0 Å². The summed E-state index contributed by atoms with van der Waals surface area (Å²) in [5.74, 6) is 1.38. The molecule has 0 saturated heterocycles. The fourth-order valence-electron chi connectivity index (χ4n) is 4.70. The molecular weight excluding hydrogens is 280 g/mol. The quantitative estimate of drug-likeness (QED) is 0.592. The first-order chi connectivity index (χ1) is 10.4. The van der Waals surface area contributed by atoms with Crippen molar-refractivity contribution in [2.75, 3.05) is 0 Å². The van der Waals surface area contributed by atoms with E-state index in [1.54, 1.807) is 13.8 Å². The van der Waals surface area contributed by atoms with Gasteiger partial charge >= 0.3 is 11.9 Å². The lowest BCUT2D eigenvalue weighted by Crippen LogP contribution is -2.37. The van der Waals surface area contributed by atoms with Crippen LogP contribution < -0.4 is 0 Å². The average molecular weight is 304 g/mol. The van der Waals surface area contributed by atoms with Crippen molar-refractivity contribution in [3.63, 3.8) is 0 Å². The third-order valence-corrected chi connectivity index (χ3v) is 5.61. The van der Waals surface area contributed by atoms with E-state index in [4.69, 9.17) is 9.47 Å². The molecule has 4 heteroatoms. The normalized spacial score (nSPS) is 38.5. The molecule has 6 unspecified atom stereocenters. The van der Waals surface area contributed by atoms with Gasteiger partial charge in [0.25, 0.3) is 0 Å². The first-order valence-electron chi connectivity index (χ1n) is 8.11. The second kappa shape index (κ2) is 5.56. The maximum Gasteiger partial charge on any atom is 0.333 e. The Morgan fingerprint density at radius 2 is 1.50 bits per heavy atom. The van der Waals surface area contributed by atoms with Gasteiger partial charge in [-0.3, -0.25) is 0 Å². The molecule has 3 aliphatic carbocycles. The van der Waals surface area contributed by atoms with Crippen LogP contribution in [0, 0.1) is 23.7 Å². The van der Waals surface area contributed by atoms with Gasteiger partial charge in [-0.2, -0.15) is 0 Å². The van der Waals surface area contributed by atoms with E-state index in [0.29, 0.717) is 34.8 Å². The molecule has 3 fully saturated rings. The van der Waals surface area contributed by atoms with Gasteiger partial charge in [-0.15, -0.1) is 0 Å². The van der Waals surface area contributed by atoms with Crippen LogP contribution in [-0.2, 0) is 19.1 Å². The minimum absolute atomic E-state index is 0.326. The molecule has 0 aliphatic heterocycles. The van der Waals surface area contributed by atoms with Gasteiger partial charge in [0, 0.05) is 17.1 Å². The van der Waals surface area contributed by atoms with E-state index in [2.05, 4.69) is 13.2 Å². The molecule has 0 aromatic carbocycles. The first kappa shape index (κ1) is 15.3. The average Bonchev–Trinajstić information content (AvgIpc) is 3.12. The molecule has 3 rings (SSSR count). The van der Waals surface area contributed by atoms with E-state index >= 15 is 0 Å².